The highest BCUT2D eigenvalue weighted by Gasteiger charge is 2.09. The third-order valence-electron chi connectivity index (χ3n) is 2.60. The molecule has 0 saturated carbocycles. The zero-order valence-corrected chi connectivity index (χ0v) is 9.61. The molecule has 2 N–H and O–H groups in total. The van der Waals surface area contributed by atoms with E-state index in [1.165, 1.54) is 0 Å². The summed E-state index contributed by atoms with van der Waals surface area (Å²) in [4.78, 5) is 3.95. The van der Waals surface area contributed by atoms with Crippen LogP contribution in [-0.2, 0) is 0 Å². The molecule has 3 nitrogen and oxygen atoms in total. The standard InChI is InChI=1S/C13H9ClN2O/c14-9-1-2-12-8(5-9)6-13(17-12)10-3-4-16-7-11(10)15/h1-7H,15H2. The van der Waals surface area contributed by atoms with Crippen molar-refractivity contribution in [2.24, 2.45) is 0 Å². The molecule has 84 valence electrons. The predicted molar refractivity (Wildman–Crippen MR) is 68.9 cm³/mol. The molecule has 1 aromatic carbocycles. The molecule has 0 amide bonds. The number of halogens is 1. The lowest BCUT2D eigenvalue weighted by atomic mass is 10.1. The van der Waals surface area contributed by atoms with Crippen molar-refractivity contribution in [2.45, 2.75) is 0 Å². The van der Waals surface area contributed by atoms with Gasteiger partial charge in [0, 0.05) is 22.2 Å². The number of furan rings is 1. The van der Waals surface area contributed by atoms with Gasteiger partial charge in [0.05, 0.1) is 11.9 Å². The monoisotopic (exact) mass is 244 g/mol. The minimum atomic E-state index is 0.595. The minimum Gasteiger partial charge on any atom is -0.456 e. The second-order valence-corrected chi connectivity index (χ2v) is 4.19. The SMILES string of the molecule is Nc1cnccc1-c1cc2cc(Cl)ccc2o1. The van der Waals surface area contributed by atoms with E-state index in [9.17, 15) is 0 Å². The van der Waals surface area contributed by atoms with Crippen molar-refractivity contribution in [2.75, 3.05) is 5.73 Å². The Balaban J connectivity index is 2.22. The molecule has 0 saturated heterocycles. The number of benzene rings is 1. The topological polar surface area (TPSA) is 52.0 Å². The normalized spacial score (nSPS) is 10.9. The lowest BCUT2D eigenvalue weighted by Gasteiger charge is -1.99. The van der Waals surface area contributed by atoms with Gasteiger partial charge < -0.3 is 10.2 Å². The van der Waals surface area contributed by atoms with Crippen molar-refractivity contribution < 1.29 is 4.42 Å². The summed E-state index contributed by atoms with van der Waals surface area (Å²) in [6, 6.07) is 9.26. The number of nitrogens with zero attached hydrogens (tertiary/aromatic N) is 1. The summed E-state index contributed by atoms with van der Waals surface area (Å²) >= 11 is 5.93. The highest BCUT2D eigenvalue weighted by molar-refractivity contribution is 6.31. The predicted octanol–water partition coefficient (Wildman–Crippen LogP) is 3.73. The van der Waals surface area contributed by atoms with Crippen LogP contribution in [0.5, 0.6) is 0 Å². The van der Waals surface area contributed by atoms with Crippen LogP contribution in [0.3, 0.4) is 0 Å². The molecule has 0 aliphatic rings. The van der Waals surface area contributed by atoms with Crippen molar-refractivity contribution in [3.05, 3.63) is 47.7 Å². The molecule has 0 bridgehead atoms. The highest BCUT2D eigenvalue weighted by atomic mass is 35.5. The Morgan fingerprint density at radius 3 is 2.88 bits per heavy atom. The van der Waals surface area contributed by atoms with Crippen molar-refractivity contribution in [3.8, 4) is 11.3 Å². The molecule has 0 radical (unpaired) electrons. The lowest BCUT2D eigenvalue weighted by Crippen LogP contribution is -1.89. The van der Waals surface area contributed by atoms with Crippen LogP contribution in [0, 0.1) is 0 Å². The third-order valence-corrected chi connectivity index (χ3v) is 2.83. The van der Waals surface area contributed by atoms with Gasteiger partial charge in [0.15, 0.2) is 0 Å². The van der Waals surface area contributed by atoms with E-state index in [0.29, 0.717) is 10.7 Å². The first-order valence-corrected chi connectivity index (χ1v) is 5.51. The largest absolute Gasteiger partial charge is 0.456 e. The van der Waals surface area contributed by atoms with Gasteiger partial charge in [0.25, 0.3) is 0 Å². The van der Waals surface area contributed by atoms with E-state index < -0.39 is 0 Å². The number of pyridine rings is 1. The Kier molecular flexibility index (Phi) is 2.27. The maximum absolute atomic E-state index is 5.93. The molecule has 0 aliphatic carbocycles. The molecule has 0 spiro atoms. The summed E-state index contributed by atoms with van der Waals surface area (Å²) in [6.07, 6.45) is 3.29. The fourth-order valence-electron chi connectivity index (χ4n) is 1.78. The van der Waals surface area contributed by atoms with E-state index in [1.807, 2.05) is 24.3 Å². The van der Waals surface area contributed by atoms with Gasteiger partial charge in [-0.1, -0.05) is 11.6 Å². The zero-order valence-electron chi connectivity index (χ0n) is 8.85. The molecule has 3 aromatic rings. The quantitative estimate of drug-likeness (QED) is 0.710. The number of anilines is 1. The van der Waals surface area contributed by atoms with Gasteiger partial charge in [-0.25, -0.2) is 0 Å². The molecular formula is C13H9ClN2O. The Hall–Kier alpha value is -2.00. The van der Waals surface area contributed by atoms with Gasteiger partial charge in [-0.05, 0) is 30.3 Å². The second-order valence-electron chi connectivity index (χ2n) is 3.76. The number of aromatic nitrogens is 1. The smallest absolute Gasteiger partial charge is 0.137 e. The second kappa shape index (κ2) is 3.79. The highest BCUT2D eigenvalue weighted by Crippen LogP contribution is 2.31. The number of hydrogen-bond acceptors (Lipinski definition) is 3. The van der Waals surface area contributed by atoms with Crippen molar-refractivity contribution in [3.63, 3.8) is 0 Å². The van der Waals surface area contributed by atoms with Gasteiger partial charge >= 0.3 is 0 Å². The summed E-state index contributed by atoms with van der Waals surface area (Å²) in [5.74, 6) is 0.724. The Morgan fingerprint density at radius 1 is 1.18 bits per heavy atom. The average molecular weight is 245 g/mol. The Labute approximate surface area is 103 Å². The summed E-state index contributed by atoms with van der Waals surface area (Å²) in [6.45, 7) is 0. The summed E-state index contributed by atoms with van der Waals surface area (Å²) in [7, 11) is 0. The molecule has 2 aromatic heterocycles. The van der Waals surface area contributed by atoms with Gasteiger partial charge in [0.2, 0.25) is 0 Å². The number of rotatable bonds is 1. The molecule has 0 atom stereocenters. The van der Waals surface area contributed by atoms with Crippen LogP contribution in [0.1, 0.15) is 0 Å². The van der Waals surface area contributed by atoms with Crippen molar-refractivity contribution in [1.29, 1.82) is 0 Å². The first-order chi connectivity index (χ1) is 8.24. The minimum absolute atomic E-state index is 0.595. The Bertz CT molecular complexity index is 691. The van der Waals surface area contributed by atoms with E-state index in [4.69, 9.17) is 21.8 Å². The molecule has 0 unspecified atom stereocenters. The van der Waals surface area contributed by atoms with Crippen molar-refractivity contribution >= 4 is 28.3 Å². The van der Waals surface area contributed by atoms with Gasteiger partial charge in [-0.15, -0.1) is 0 Å². The fourth-order valence-corrected chi connectivity index (χ4v) is 1.96. The summed E-state index contributed by atoms with van der Waals surface area (Å²) < 4.78 is 5.72. The summed E-state index contributed by atoms with van der Waals surface area (Å²) in [5.41, 5.74) is 8.08. The molecule has 0 aliphatic heterocycles. The zero-order chi connectivity index (χ0) is 11.8. The number of hydrogen-bond donors (Lipinski definition) is 1. The first-order valence-electron chi connectivity index (χ1n) is 5.13. The molecule has 3 rings (SSSR count). The molecular weight excluding hydrogens is 236 g/mol. The molecule has 2 heterocycles. The maximum atomic E-state index is 5.93. The van der Waals surface area contributed by atoms with E-state index >= 15 is 0 Å². The van der Waals surface area contributed by atoms with Crippen LogP contribution in [0.4, 0.5) is 5.69 Å². The van der Waals surface area contributed by atoms with E-state index in [2.05, 4.69) is 4.98 Å². The maximum Gasteiger partial charge on any atom is 0.137 e. The van der Waals surface area contributed by atoms with E-state index in [-0.39, 0.29) is 0 Å². The van der Waals surface area contributed by atoms with Crippen LogP contribution in [-0.4, -0.2) is 4.98 Å². The molecule has 17 heavy (non-hydrogen) atoms. The van der Waals surface area contributed by atoms with Crippen LogP contribution >= 0.6 is 11.6 Å². The van der Waals surface area contributed by atoms with E-state index in [0.717, 1.165) is 22.3 Å². The number of fused-ring (bicyclic) bond motifs is 1. The summed E-state index contributed by atoms with van der Waals surface area (Å²) in [5, 5.41) is 1.65. The van der Waals surface area contributed by atoms with Crippen LogP contribution in [0.2, 0.25) is 5.02 Å². The van der Waals surface area contributed by atoms with Gasteiger partial charge in [-0.3, -0.25) is 4.98 Å². The number of nitrogens with two attached hydrogens (primary N) is 1. The first kappa shape index (κ1) is 10.2. The number of nitrogen functional groups attached to an aromatic ring is 1. The average Bonchev–Trinajstić information content (AvgIpc) is 2.72. The Morgan fingerprint density at radius 2 is 2.06 bits per heavy atom. The van der Waals surface area contributed by atoms with Crippen LogP contribution in [0.25, 0.3) is 22.3 Å². The fraction of sp³-hybridized carbons (Fsp3) is 0. The molecule has 0 fully saturated rings. The van der Waals surface area contributed by atoms with Crippen molar-refractivity contribution in [1.82, 2.24) is 4.98 Å². The van der Waals surface area contributed by atoms with Crippen LogP contribution < -0.4 is 5.73 Å². The lowest BCUT2D eigenvalue weighted by molar-refractivity contribution is 0.632. The van der Waals surface area contributed by atoms with Gasteiger partial charge in [0.1, 0.15) is 11.3 Å². The third kappa shape index (κ3) is 1.74. The van der Waals surface area contributed by atoms with Crippen LogP contribution in [0.15, 0.2) is 47.1 Å². The molecule has 4 heteroatoms. The van der Waals surface area contributed by atoms with E-state index in [1.54, 1.807) is 18.5 Å². The van der Waals surface area contributed by atoms with Gasteiger partial charge in [-0.2, -0.15) is 0 Å².